The van der Waals surface area contributed by atoms with Crippen LogP contribution in [0.5, 0.6) is 17.2 Å². The molecule has 0 saturated heterocycles. The number of ketones is 1. The van der Waals surface area contributed by atoms with Crippen LogP contribution in [-0.2, 0) is 4.79 Å². The number of hydrogen-bond donors (Lipinski definition) is 1. The maximum atomic E-state index is 13.3. The van der Waals surface area contributed by atoms with Crippen LogP contribution in [0.25, 0.3) is 0 Å². The molecule has 0 radical (unpaired) electrons. The summed E-state index contributed by atoms with van der Waals surface area (Å²) in [7, 11) is 4.57. The minimum Gasteiger partial charge on any atom is -0.493 e. The number of halogens is 1. The average molecular weight is 466 g/mol. The number of nitrogens with two attached hydrogens (primary N) is 1. The van der Waals surface area contributed by atoms with Gasteiger partial charge >= 0.3 is 0 Å². The van der Waals surface area contributed by atoms with E-state index in [1.165, 1.54) is 21.3 Å². The van der Waals surface area contributed by atoms with Crippen LogP contribution in [0, 0.1) is 11.3 Å². The quantitative estimate of drug-likeness (QED) is 0.685. The number of benzene rings is 2. The SMILES string of the molecule is COc1cc([C@H]2C(C#N)=C(N)N(c3ccc(Cl)cc3)C3=C2C(=O)CCC3)cc(OC)c1OC. The molecule has 4 rings (SSSR count). The van der Waals surface area contributed by atoms with Gasteiger partial charge in [-0.1, -0.05) is 11.6 Å². The molecule has 0 spiro atoms. The topological polar surface area (TPSA) is 97.8 Å². The Morgan fingerprint density at radius 3 is 2.24 bits per heavy atom. The van der Waals surface area contributed by atoms with Crippen LogP contribution >= 0.6 is 11.6 Å². The molecule has 1 heterocycles. The summed E-state index contributed by atoms with van der Waals surface area (Å²) in [4.78, 5) is 15.1. The van der Waals surface area contributed by atoms with Crippen molar-refractivity contribution in [1.82, 2.24) is 0 Å². The number of rotatable bonds is 5. The fourth-order valence-electron chi connectivity index (χ4n) is 4.57. The molecule has 8 heteroatoms. The lowest BCUT2D eigenvalue weighted by atomic mass is 9.75. The van der Waals surface area contributed by atoms with Gasteiger partial charge in [-0.25, -0.2) is 0 Å². The predicted molar refractivity (Wildman–Crippen MR) is 125 cm³/mol. The van der Waals surface area contributed by atoms with E-state index >= 15 is 0 Å². The van der Waals surface area contributed by atoms with E-state index in [4.69, 9.17) is 31.5 Å². The number of nitriles is 1. The first-order valence-electron chi connectivity index (χ1n) is 10.5. The Balaban J connectivity index is 1.98. The Morgan fingerprint density at radius 1 is 1.06 bits per heavy atom. The normalized spacial score (nSPS) is 18.1. The summed E-state index contributed by atoms with van der Waals surface area (Å²) in [6.07, 6.45) is 1.77. The molecule has 2 aromatic carbocycles. The summed E-state index contributed by atoms with van der Waals surface area (Å²) in [6, 6.07) is 13.0. The lowest BCUT2D eigenvalue weighted by Crippen LogP contribution is -2.38. The highest BCUT2D eigenvalue weighted by Crippen LogP contribution is 2.49. The van der Waals surface area contributed by atoms with Gasteiger partial charge in [0, 0.05) is 28.4 Å². The molecule has 0 fully saturated rings. The molecule has 170 valence electrons. The van der Waals surface area contributed by atoms with Crippen molar-refractivity contribution in [2.75, 3.05) is 26.2 Å². The van der Waals surface area contributed by atoms with Gasteiger partial charge in [-0.2, -0.15) is 5.26 Å². The van der Waals surface area contributed by atoms with Crippen LogP contribution in [0.1, 0.15) is 30.7 Å². The summed E-state index contributed by atoms with van der Waals surface area (Å²) in [6.45, 7) is 0. The van der Waals surface area contributed by atoms with E-state index in [2.05, 4.69) is 6.07 Å². The third-order valence-corrected chi connectivity index (χ3v) is 6.27. The predicted octanol–water partition coefficient (Wildman–Crippen LogP) is 4.67. The third kappa shape index (κ3) is 3.77. The standard InChI is InChI=1S/C25H24ClN3O4/c1-31-20-11-14(12-21(32-2)24(20)33-3)22-17(13-27)25(28)29(16-9-7-15(26)8-10-16)18-5-4-6-19(30)23(18)22/h7-12,22H,4-6,28H2,1-3H3/t22-/m0/s1. The maximum Gasteiger partial charge on any atom is 0.203 e. The van der Waals surface area contributed by atoms with Crippen molar-refractivity contribution in [3.63, 3.8) is 0 Å². The van der Waals surface area contributed by atoms with Gasteiger partial charge in [-0.3, -0.25) is 9.69 Å². The molecule has 33 heavy (non-hydrogen) atoms. The van der Waals surface area contributed by atoms with E-state index in [-0.39, 0.29) is 17.2 Å². The van der Waals surface area contributed by atoms with E-state index in [9.17, 15) is 10.1 Å². The van der Waals surface area contributed by atoms with Crippen LogP contribution in [0.3, 0.4) is 0 Å². The van der Waals surface area contributed by atoms with Crippen LogP contribution in [0.4, 0.5) is 5.69 Å². The molecular weight excluding hydrogens is 442 g/mol. The number of Topliss-reactive ketones (excluding diaryl/α,β-unsaturated/α-hetero) is 1. The highest BCUT2D eigenvalue weighted by Gasteiger charge is 2.41. The average Bonchev–Trinajstić information content (AvgIpc) is 2.83. The van der Waals surface area contributed by atoms with Gasteiger partial charge in [0.1, 0.15) is 5.82 Å². The zero-order valence-electron chi connectivity index (χ0n) is 18.6. The van der Waals surface area contributed by atoms with Crippen molar-refractivity contribution >= 4 is 23.1 Å². The molecule has 0 aromatic heterocycles. The van der Waals surface area contributed by atoms with Crippen molar-refractivity contribution in [2.45, 2.75) is 25.2 Å². The van der Waals surface area contributed by atoms with Crippen molar-refractivity contribution in [1.29, 1.82) is 5.26 Å². The summed E-state index contributed by atoms with van der Waals surface area (Å²) < 4.78 is 16.5. The summed E-state index contributed by atoms with van der Waals surface area (Å²) >= 11 is 6.07. The second-order valence-electron chi connectivity index (χ2n) is 7.75. The van der Waals surface area contributed by atoms with E-state index < -0.39 is 5.92 Å². The highest BCUT2D eigenvalue weighted by atomic mass is 35.5. The molecule has 2 aliphatic rings. The zero-order chi connectivity index (χ0) is 23.7. The number of anilines is 1. The Kier molecular flexibility index (Phi) is 6.21. The van der Waals surface area contributed by atoms with Gasteiger partial charge in [0.2, 0.25) is 5.75 Å². The molecule has 2 N–H and O–H groups in total. The van der Waals surface area contributed by atoms with E-state index in [0.717, 1.165) is 11.4 Å². The van der Waals surface area contributed by atoms with Gasteiger partial charge in [-0.15, -0.1) is 0 Å². The van der Waals surface area contributed by atoms with Gasteiger partial charge in [-0.05, 0) is 54.8 Å². The highest BCUT2D eigenvalue weighted by molar-refractivity contribution is 6.30. The summed E-state index contributed by atoms with van der Waals surface area (Å²) in [5, 5.41) is 10.8. The minimum absolute atomic E-state index is 0.00536. The van der Waals surface area contributed by atoms with Crippen LogP contribution in [-0.4, -0.2) is 27.1 Å². The number of methoxy groups -OCH3 is 3. The molecule has 0 bridgehead atoms. The number of ether oxygens (including phenoxy) is 3. The number of carbonyl (C=O) groups is 1. The first-order chi connectivity index (χ1) is 15.9. The Hall–Kier alpha value is -3.63. The van der Waals surface area contributed by atoms with Crippen molar-refractivity contribution in [3.8, 4) is 23.3 Å². The van der Waals surface area contributed by atoms with Gasteiger partial charge < -0.3 is 19.9 Å². The summed E-state index contributed by atoms with van der Waals surface area (Å²) in [5.74, 6) is 0.944. The van der Waals surface area contributed by atoms with E-state index in [0.29, 0.717) is 52.7 Å². The molecule has 1 aliphatic heterocycles. The van der Waals surface area contributed by atoms with Gasteiger partial charge in [0.25, 0.3) is 0 Å². The molecule has 1 atom stereocenters. The molecule has 7 nitrogen and oxygen atoms in total. The molecular formula is C25H24ClN3O4. The van der Waals surface area contributed by atoms with Crippen molar-refractivity contribution in [2.24, 2.45) is 5.73 Å². The number of allylic oxidation sites excluding steroid dienone is 3. The second kappa shape index (κ2) is 9.08. The first kappa shape index (κ1) is 22.6. The largest absolute Gasteiger partial charge is 0.493 e. The Morgan fingerprint density at radius 2 is 1.70 bits per heavy atom. The summed E-state index contributed by atoms with van der Waals surface area (Å²) in [5.41, 5.74) is 9.66. The van der Waals surface area contributed by atoms with Crippen LogP contribution in [0.2, 0.25) is 5.02 Å². The maximum absolute atomic E-state index is 13.3. The van der Waals surface area contributed by atoms with Crippen molar-refractivity contribution in [3.05, 3.63) is 69.6 Å². The monoisotopic (exact) mass is 465 g/mol. The van der Waals surface area contributed by atoms with E-state index in [1.54, 1.807) is 29.2 Å². The fourth-order valence-corrected chi connectivity index (χ4v) is 4.70. The lowest BCUT2D eigenvalue weighted by Gasteiger charge is -2.39. The molecule has 0 unspecified atom stereocenters. The third-order valence-electron chi connectivity index (χ3n) is 6.02. The van der Waals surface area contributed by atoms with Crippen molar-refractivity contribution < 1.29 is 19.0 Å². The van der Waals surface area contributed by atoms with Crippen LogP contribution < -0.4 is 24.8 Å². The van der Waals surface area contributed by atoms with E-state index in [1.807, 2.05) is 12.1 Å². The molecule has 2 aromatic rings. The lowest BCUT2D eigenvalue weighted by molar-refractivity contribution is -0.116. The Labute approximate surface area is 197 Å². The first-order valence-corrected chi connectivity index (χ1v) is 10.8. The van der Waals surface area contributed by atoms with Crippen LogP contribution in [0.15, 0.2) is 59.1 Å². The smallest absolute Gasteiger partial charge is 0.203 e. The molecule has 1 aliphatic carbocycles. The minimum atomic E-state index is -0.643. The Bertz CT molecular complexity index is 1190. The van der Waals surface area contributed by atoms with Gasteiger partial charge in [0.15, 0.2) is 17.3 Å². The number of carbonyl (C=O) groups excluding carboxylic acids is 1. The zero-order valence-corrected chi connectivity index (χ0v) is 19.4. The van der Waals surface area contributed by atoms with Gasteiger partial charge in [0.05, 0.1) is 38.9 Å². The molecule has 0 amide bonds. The second-order valence-corrected chi connectivity index (χ2v) is 8.19. The number of nitrogens with zero attached hydrogens (tertiary/aromatic N) is 2. The number of hydrogen-bond acceptors (Lipinski definition) is 7. The fraction of sp³-hybridized carbons (Fsp3) is 0.280. The molecule has 0 saturated carbocycles.